The molecule has 76 valence electrons. The molecule has 0 saturated heterocycles. The van der Waals surface area contributed by atoms with Gasteiger partial charge < -0.3 is 9.75 Å². The molecule has 0 bridgehead atoms. The van der Waals surface area contributed by atoms with Crippen LogP contribution in [0, 0.1) is 0 Å². The van der Waals surface area contributed by atoms with Gasteiger partial charge in [-0.1, -0.05) is 6.07 Å². The Balaban J connectivity index is 2.41. The van der Waals surface area contributed by atoms with Crippen molar-refractivity contribution in [3.8, 4) is 5.75 Å². The van der Waals surface area contributed by atoms with Gasteiger partial charge in [-0.2, -0.15) is 0 Å². The van der Waals surface area contributed by atoms with Gasteiger partial charge in [-0.05, 0) is 18.1 Å². The predicted octanol–water partition coefficient (Wildman–Crippen LogP) is 1.53. The summed E-state index contributed by atoms with van der Waals surface area (Å²) >= 11 is 0. The van der Waals surface area contributed by atoms with Crippen molar-refractivity contribution in [1.82, 2.24) is 5.01 Å². The average molecular weight is 192 g/mol. The summed E-state index contributed by atoms with van der Waals surface area (Å²) in [4.78, 5) is 0. The van der Waals surface area contributed by atoms with E-state index in [1.54, 1.807) is 7.11 Å². The minimum Gasteiger partial charge on any atom is -0.497 e. The van der Waals surface area contributed by atoms with E-state index in [0.29, 0.717) is 0 Å². The normalized spacial score (nSPS) is 16.6. The average Bonchev–Trinajstić information content (AvgIpc) is 2.23. The molecule has 0 fully saturated rings. The van der Waals surface area contributed by atoms with E-state index < -0.39 is 0 Å². The summed E-state index contributed by atoms with van der Waals surface area (Å²) in [6.45, 7) is 1.08. The van der Waals surface area contributed by atoms with Gasteiger partial charge in [0.15, 0.2) is 0 Å². The number of ether oxygens (including phenoxy) is 1. The molecule has 2 rings (SSSR count). The SMILES string of the molecule is COc1ccc2c(c1)N(C)N(C)CC2. The van der Waals surface area contributed by atoms with Crippen LogP contribution >= 0.6 is 0 Å². The Morgan fingerprint density at radius 3 is 2.79 bits per heavy atom. The quantitative estimate of drug-likeness (QED) is 0.671. The number of rotatable bonds is 1. The Labute approximate surface area is 84.9 Å². The van der Waals surface area contributed by atoms with Gasteiger partial charge in [-0.3, -0.25) is 0 Å². The molecule has 1 aliphatic heterocycles. The smallest absolute Gasteiger partial charge is 0.120 e. The lowest BCUT2D eigenvalue weighted by atomic mass is 10.1. The first-order valence-electron chi connectivity index (χ1n) is 4.84. The molecule has 0 aliphatic carbocycles. The summed E-state index contributed by atoms with van der Waals surface area (Å²) in [5.74, 6) is 0.922. The van der Waals surface area contributed by atoms with E-state index in [1.807, 2.05) is 6.07 Å². The lowest BCUT2D eigenvalue weighted by Crippen LogP contribution is -2.41. The van der Waals surface area contributed by atoms with Crippen LogP contribution in [-0.2, 0) is 6.42 Å². The number of hydrazine groups is 1. The lowest BCUT2D eigenvalue weighted by Gasteiger charge is -2.36. The first-order valence-corrected chi connectivity index (χ1v) is 4.84. The monoisotopic (exact) mass is 192 g/mol. The predicted molar refractivity (Wildman–Crippen MR) is 57.7 cm³/mol. The zero-order valence-electron chi connectivity index (χ0n) is 8.95. The molecule has 3 nitrogen and oxygen atoms in total. The second kappa shape index (κ2) is 3.50. The third-order valence-corrected chi connectivity index (χ3v) is 2.86. The van der Waals surface area contributed by atoms with Gasteiger partial charge in [0, 0.05) is 26.7 Å². The molecule has 0 N–H and O–H groups in total. The molecule has 1 aliphatic rings. The molecule has 0 amide bonds. The van der Waals surface area contributed by atoms with Crippen LogP contribution in [0.4, 0.5) is 5.69 Å². The maximum atomic E-state index is 5.22. The fourth-order valence-electron chi connectivity index (χ4n) is 1.80. The maximum Gasteiger partial charge on any atom is 0.120 e. The second-order valence-corrected chi connectivity index (χ2v) is 3.65. The van der Waals surface area contributed by atoms with Gasteiger partial charge in [0.2, 0.25) is 0 Å². The van der Waals surface area contributed by atoms with Crippen molar-refractivity contribution in [1.29, 1.82) is 0 Å². The molecule has 0 saturated carbocycles. The van der Waals surface area contributed by atoms with Crippen LogP contribution in [0.5, 0.6) is 5.75 Å². The molecule has 0 atom stereocenters. The van der Waals surface area contributed by atoms with E-state index in [0.717, 1.165) is 18.7 Å². The number of hydrogen-bond acceptors (Lipinski definition) is 3. The van der Waals surface area contributed by atoms with E-state index in [-0.39, 0.29) is 0 Å². The lowest BCUT2D eigenvalue weighted by molar-refractivity contribution is 0.313. The molecule has 1 heterocycles. The number of methoxy groups -OCH3 is 1. The molecule has 0 spiro atoms. The van der Waals surface area contributed by atoms with Crippen molar-refractivity contribution in [3.05, 3.63) is 23.8 Å². The number of nitrogens with zero attached hydrogens (tertiary/aromatic N) is 2. The number of benzene rings is 1. The first-order chi connectivity index (χ1) is 6.72. The van der Waals surface area contributed by atoms with Crippen LogP contribution in [0.25, 0.3) is 0 Å². The van der Waals surface area contributed by atoms with E-state index in [2.05, 4.69) is 36.2 Å². The zero-order valence-corrected chi connectivity index (χ0v) is 8.95. The van der Waals surface area contributed by atoms with Gasteiger partial charge in [-0.15, -0.1) is 0 Å². The van der Waals surface area contributed by atoms with Crippen molar-refractivity contribution < 1.29 is 4.74 Å². The number of hydrogen-bond donors (Lipinski definition) is 0. The summed E-state index contributed by atoms with van der Waals surface area (Å²) < 4.78 is 5.22. The third-order valence-electron chi connectivity index (χ3n) is 2.86. The summed E-state index contributed by atoms with van der Waals surface area (Å²) in [7, 11) is 5.88. The Kier molecular flexibility index (Phi) is 2.33. The molecule has 3 heteroatoms. The van der Waals surface area contributed by atoms with Crippen LogP contribution in [0.1, 0.15) is 5.56 Å². The highest BCUT2D eigenvalue weighted by Crippen LogP contribution is 2.29. The van der Waals surface area contributed by atoms with Crippen molar-refractivity contribution >= 4 is 5.69 Å². The third kappa shape index (κ3) is 1.44. The fourth-order valence-corrected chi connectivity index (χ4v) is 1.80. The van der Waals surface area contributed by atoms with E-state index in [4.69, 9.17) is 4.74 Å². The first kappa shape index (κ1) is 9.34. The molecule has 0 radical (unpaired) electrons. The van der Waals surface area contributed by atoms with Crippen LogP contribution < -0.4 is 9.75 Å². The highest BCUT2D eigenvalue weighted by atomic mass is 16.5. The van der Waals surface area contributed by atoms with Gasteiger partial charge >= 0.3 is 0 Å². The Bertz CT molecular complexity index is 338. The highest BCUT2D eigenvalue weighted by Gasteiger charge is 2.18. The van der Waals surface area contributed by atoms with E-state index >= 15 is 0 Å². The van der Waals surface area contributed by atoms with Crippen LogP contribution in [0.3, 0.4) is 0 Å². The van der Waals surface area contributed by atoms with E-state index in [9.17, 15) is 0 Å². The minimum absolute atomic E-state index is 0.922. The minimum atomic E-state index is 0.922. The molecule has 0 aromatic heterocycles. The van der Waals surface area contributed by atoms with Gasteiger partial charge in [-0.25, -0.2) is 5.01 Å². The molecule has 1 aromatic carbocycles. The highest BCUT2D eigenvalue weighted by molar-refractivity contribution is 5.57. The summed E-state index contributed by atoms with van der Waals surface area (Å²) in [5.41, 5.74) is 2.64. The molecule has 1 aromatic rings. The largest absolute Gasteiger partial charge is 0.497 e. The summed E-state index contributed by atoms with van der Waals surface area (Å²) in [6, 6.07) is 6.26. The molecular formula is C11H16N2O. The standard InChI is InChI=1S/C11H16N2O/c1-12-7-6-9-4-5-10(14-3)8-11(9)13(12)2/h4-5,8H,6-7H2,1-3H3. The molecular weight excluding hydrogens is 176 g/mol. The maximum absolute atomic E-state index is 5.22. The Morgan fingerprint density at radius 2 is 2.07 bits per heavy atom. The summed E-state index contributed by atoms with van der Waals surface area (Å²) in [5, 5.41) is 4.38. The molecule has 14 heavy (non-hydrogen) atoms. The fraction of sp³-hybridized carbons (Fsp3) is 0.455. The second-order valence-electron chi connectivity index (χ2n) is 3.65. The topological polar surface area (TPSA) is 15.7 Å². The van der Waals surface area contributed by atoms with Crippen molar-refractivity contribution in [2.45, 2.75) is 6.42 Å². The Morgan fingerprint density at radius 1 is 1.29 bits per heavy atom. The summed E-state index contributed by atoms with van der Waals surface area (Å²) in [6.07, 6.45) is 1.11. The van der Waals surface area contributed by atoms with Gasteiger partial charge in [0.05, 0.1) is 12.8 Å². The molecule has 0 unspecified atom stereocenters. The van der Waals surface area contributed by atoms with Crippen molar-refractivity contribution in [3.63, 3.8) is 0 Å². The number of likely N-dealkylation sites (N-methyl/N-ethyl adjacent to an activating group) is 1. The van der Waals surface area contributed by atoms with Crippen molar-refractivity contribution in [2.24, 2.45) is 0 Å². The zero-order chi connectivity index (χ0) is 10.1. The van der Waals surface area contributed by atoms with E-state index in [1.165, 1.54) is 11.3 Å². The van der Waals surface area contributed by atoms with Crippen LogP contribution in [-0.4, -0.2) is 32.8 Å². The van der Waals surface area contributed by atoms with Crippen LogP contribution in [0.15, 0.2) is 18.2 Å². The van der Waals surface area contributed by atoms with Crippen molar-refractivity contribution in [2.75, 3.05) is 32.8 Å². The van der Waals surface area contributed by atoms with Crippen LogP contribution in [0.2, 0.25) is 0 Å². The Hall–Kier alpha value is -1.22. The number of anilines is 1. The van der Waals surface area contributed by atoms with Gasteiger partial charge in [0.25, 0.3) is 0 Å². The van der Waals surface area contributed by atoms with Gasteiger partial charge in [0.1, 0.15) is 5.75 Å². The number of fused-ring (bicyclic) bond motifs is 1.